The van der Waals surface area contributed by atoms with Gasteiger partial charge in [0.15, 0.2) is 11.5 Å². The van der Waals surface area contributed by atoms with Crippen LogP contribution in [0.5, 0.6) is 11.5 Å². The van der Waals surface area contributed by atoms with Gasteiger partial charge in [-0.3, -0.25) is 19.8 Å². The van der Waals surface area contributed by atoms with Crippen LogP contribution in [0.25, 0.3) is 0 Å². The molecule has 2 aliphatic heterocycles. The molecule has 0 amide bonds. The lowest BCUT2D eigenvalue weighted by Gasteiger charge is -2.34. The zero-order chi connectivity index (χ0) is 18.1. The lowest BCUT2D eigenvalue weighted by atomic mass is 10.1. The average molecular weight is 359 g/mol. The van der Waals surface area contributed by atoms with Crippen molar-refractivity contribution < 1.29 is 14.4 Å². The molecule has 0 aliphatic carbocycles. The molecule has 1 aromatic carbocycles. The van der Waals surface area contributed by atoms with Gasteiger partial charge in [-0.2, -0.15) is 0 Å². The molecule has 1 aromatic heterocycles. The topological polar surface area (TPSA) is 114 Å². The average Bonchev–Trinajstić information content (AvgIpc) is 3.09. The lowest BCUT2D eigenvalue weighted by molar-refractivity contribution is -0.385. The van der Waals surface area contributed by atoms with Crippen molar-refractivity contribution >= 4 is 11.5 Å². The van der Waals surface area contributed by atoms with E-state index >= 15 is 0 Å². The van der Waals surface area contributed by atoms with Crippen molar-refractivity contribution in [2.24, 2.45) is 0 Å². The standard InChI is InChI=1S/C16H17N5O5/c22-16-14(21(23)24)15(17-9-18-16)20-5-3-19(4-6-20)8-11-1-2-12-13(7-11)26-10-25-12/h1-2,7,9H,3-6,8,10H2,(H,17,18,22). The number of hydrogen-bond acceptors (Lipinski definition) is 8. The highest BCUT2D eigenvalue weighted by Gasteiger charge is 2.28. The van der Waals surface area contributed by atoms with E-state index in [1.54, 1.807) is 4.90 Å². The first-order chi connectivity index (χ1) is 12.6. The third-order valence-electron chi connectivity index (χ3n) is 4.51. The third-order valence-corrected chi connectivity index (χ3v) is 4.51. The fourth-order valence-corrected chi connectivity index (χ4v) is 3.19. The number of ether oxygens (including phenoxy) is 2. The first-order valence-electron chi connectivity index (χ1n) is 8.20. The normalized spacial score (nSPS) is 16.7. The van der Waals surface area contributed by atoms with E-state index in [0.717, 1.165) is 23.6 Å². The maximum Gasteiger partial charge on any atom is 0.375 e. The predicted molar refractivity (Wildman–Crippen MR) is 91.6 cm³/mol. The van der Waals surface area contributed by atoms with Crippen molar-refractivity contribution in [2.45, 2.75) is 6.54 Å². The molecule has 1 saturated heterocycles. The largest absolute Gasteiger partial charge is 0.454 e. The van der Waals surface area contributed by atoms with E-state index in [1.807, 2.05) is 18.2 Å². The van der Waals surface area contributed by atoms with Crippen molar-refractivity contribution in [1.82, 2.24) is 14.9 Å². The summed E-state index contributed by atoms with van der Waals surface area (Å²) in [6.45, 7) is 3.53. The van der Waals surface area contributed by atoms with Crippen LogP contribution >= 0.6 is 0 Å². The van der Waals surface area contributed by atoms with E-state index < -0.39 is 16.2 Å². The first kappa shape index (κ1) is 16.3. The summed E-state index contributed by atoms with van der Waals surface area (Å²) in [7, 11) is 0. The number of anilines is 1. The molecular weight excluding hydrogens is 342 g/mol. The fraction of sp³-hybridized carbons (Fsp3) is 0.375. The van der Waals surface area contributed by atoms with Crippen molar-refractivity contribution in [3.8, 4) is 11.5 Å². The Morgan fingerprint density at radius 2 is 1.96 bits per heavy atom. The number of piperazine rings is 1. The first-order valence-corrected chi connectivity index (χ1v) is 8.20. The molecule has 4 rings (SSSR count). The molecule has 0 bridgehead atoms. The molecule has 2 aromatic rings. The molecule has 0 radical (unpaired) electrons. The second-order valence-electron chi connectivity index (χ2n) is 6.11. The van der Waals surface area contributed by atoms with E-state index in [2.05, 4.69) is 14.9 Å². The zero-order valence-electron chi connectivity index (χ0n) is 13.9. The number of fused-ring (bicyclic) bond motifs is 1. The molecule has 10 heteroatoms. The molecule has 10 nitrogen and oxygen atoms in total. The van der Waals surface area contributed by atoms with E-state index in [9.17, 15) is 14.9 Å². The van der Waals surface area contributed by atoms with Gasteiger partial charge in [0.2, 0.25) is 12.6 Å². The molecular formula is C16H17N5O5. The minimum Gasteiger partial charge on any atom is -0.454 e. The molecule has 3 heterocycles. The van der Waals surface area contributed by atoms with Gasteiger partial charge in [0.05, 0.1) is 11.3 Å². The molecule has 136 valence electrons. The van der Waals surface area contributed by atoms with E-state index in [-0.39, 0.29) is 12.6 Å². The van der Waals surface area contributed by atoms with Crippen LogP contribution in [0, 0.1) is 10.1 Å². The maximum atomic E-state index is 11.7. The zero-order valence-corrected chi connectivity index (χ0v) is 13.9. The molecule has 26 heavy (non-hydrogen) atoms. The van der Waals surface area contributed by atoms with Crippen LogP contribution in [0.3, 0.4) is 0 Å². The molecule has 2 aliphatic rings. The van der Waals surface area contributed by atoms with Crippen molar-refractivity contribution in [3.63, 3.8) is 0 Å². The summed E-state index contributed by atoms with van der Waals surface area (Å²) < 4.78 is 10.7. The van der Waals surface area contributed by atoms with Gasteiger partial charge in [-0.15, -0.1) is 0 Å². The summed E-state index contributed by atoms with van der Waals surface area (Å²) in [5, 5.41) is 11.2. The number of rotatable bonds is 4. The van der Waals surface area contributed by atoms with Gasteiger partial charge in [-0.1, -0.05) is 6.07 Å². The molecule has 1 N–H and O–H groups in total. The van der Waals surface area contributed by atoms with Gasteiger partial charge < -0.3 is 19.4 Å². The maximum absolute atomic E-state index is 11.7. The molecule has 0 unspecified atom stereocenters. The summed E-state index contributed by atoms with van der Waals surface area (Å²) in [5.41, 5.74) is -0.123. The number of H-pyrrole nitrogens is 1. The third kappa shape index (κ3) is 3.06. The van der Waals surface area contributed by atoms with E-state index in [4.69, 9.17) is 9.47 Å². The Bertz CT molecular complexity index is 891. The Kier molecular flexibility index (Phi) is 4.17. The van der Waals surface area contributed by atoms with Crippen LogP contribution < -0.4 is 19.9 Å². The molecule has 0 saturated carbocycles. The lowest BCUT2D eigenvalue weighted by Crippen LogP contribution is -2.46. The van der Waals surface area contributed by atoms with Crippen molar-refractivity contribution in [2.75, 3.05) is 37.9 Å². The van der Waals surface area contributed by atoms with Crippen LogP contribution in [-0.4, -0.2) is 52.8 Å². The monoisotopic (exact) mass is 359 g/mol. The van der Waals surface area contributed by atoms with Gasteiger partial charge in [0.25, 0.3) is 0 Å². The summed E-state index contributed by atoms with van der Waals surface area (Å²) in [6, 6.07) is 5.87. The second-order valence-corrected chi connectivity index (χ2v) is 6.11. The van der Waals surface area contributed by atoms with Crippen LogP contribution in [0.1, 0.15) is 5.56 Å². The van der Waals surface area contributed by atoms with Crippen LogP contribution in [0.2, 0.25) is 0 Å². The molecule has 1 fully saturated rings. The van der Waals surface area contributed by atoms with Gasteiger partial charge in [0, 0.05) is 32.7 Å². The molecule has 0 atom stereocenters. The highest BCUT2D eigenvalue weighted by atomic mass is 16.7. The van der Waals surface area contributed by atoms with Gasteiger partial charge in [-0.25, -0.2) is 4.98 Å². The van der Waals surface area contributed by atoms with Crippen LogP contribution in [-0.2, 0) is 6.54 Å². The Balaban J connectivity index is 1.43. The Morgan fingerprint density at radius 1 is 1.19 bits per heavy atom. The minimum absolute atomic E-state index is 0.126. The number of nitro groups is 1. The number of hydrogen-bond donors (Lipinski definition) is 1. The SMILES string of the molecule is O=c1[nH]cnc(N2CCN(Cc3ccc4c(c3)OCO4)CC2)c1[N+](=O)[O-]. The Hall–Kier alpha value is -3.14. The van der Waals surface area contributed by atoms with E-state index in [0.29, 0.717) is 26.2 Å². The summed E-state index contributed by atoms with van der Waals surface area (Å²) in [4.78, 5) is 32.5. The predicted octanol–water partition coefficient (Wildman–Crippen LogP) is 0.729. The fourth-order valence-electron chi connectivity index (χ4n) is 3.19. The number of aromatic amines is 1. The Morgan fingerprint density at radius 3 is 2.73 bits per heavy atom. The highest BCUT2D eigenvalue weighted by molar-refractivity contribution is 5.56. The van der Waals surface area contributed by atoms with Crippen molar-refractivity contribution in [3.05, 3.63) is 50.6 Å². The second kappa shape index (κ2) is 6.64. The summed E-state index contributed by atoms with van der Waals surface area (Å²) in [5.74, 6) is 1.64. The Labute approximate surface area is 148 Å². The highest BCUT2D eigenvalue weighted by Crippen LogP contribution is 2.33. The number of aromatic nitrogens is 2. The van der Waals surface area contributed by atoms with Gasteiger partial charge >= 0.3 is 11.2 Å². The summed E-state index contributed by atoms with van der Waals surface area (Å²) in [6.07, 6.45) is 1.20. The quantitative estimate of drug-likeness (QED) is 0.628. The number of nitrogens with one attached hydrogen (secondary N) is 1. The molecule has 0 spiro atoms. The number of nitrogens with zero attached hydrogens (tertiary/aromatic N) is 4. The van der Waals surface area contributed by atoms with Gasteiger partial charge in [0.1, 0.15) is 0 Å². The minimum atomic E-state index is -0.734. The smallest absolute Gasteiger partial charge is 0.375 e. The summed E-state index contributed by atoms with van der Waals surface area (Å²) >= 11 is 0. The van der Waals surface area contributed by atoms with E-state index in [1.165, 1.54) is 6.33 Å². The van der Waals surface area contributed by atoms with Crippen LogP contribution in [0.4, 0.5) is 11.5 Å². The van der Waals surface area contributed by atoms with Gasteiger partial charge in [-0.05, 0) is 17.7 Å². The number of benzene rings is 1. The van der Waals surface area contributed by atoms with Crippen molar-refractivity contribution in [1.29, 1.82) is 0 Å². The van der Waals surface area contributed by atoms with Crippen LogP contribution in [0.15, 0.2) is 29.3 Å².